The number of aromatic nitrogens is 2. The van der Waals surface area contributed by atoms with Crippen LogP contribution in [0, 0.1) is 13.8 Å². The average molecular weight is 379 g/mol. The highest BCUT2D eigenvalue weighted by molar-refractivity contribution is 5.90. The Kier molecular flexibility index (Phi) is 4.97. The van der Waals surface area contributed by atoms with Crippen LogP contribution in [0.2, 0.25) is 0 Å². The van der Waals surface area contributed by atoms with Gasteiger partial charge in [0.25, 0.3) is 0 Å². The van der Waals surface area contributed by atoms with Crippen LogP contribution in [0.5, 0.6) is 11.5 Å². The first kappa shape index (κ1) is 18.0. The molecule has 144 valence electrons. The number of hydrogen-bond acceptors (Lipinski definition) is 6. The third-order valence-corrected chi connectivity index (χ3v) is 4.52. The number of ether oxygens (including phenoxy) is 2. The smallest absolute Gasteiger partial charge is 0.322 e. The highest BCUT2D eigenvalue weighted by Crippen LogP contribution is 2.31. The van der Waals surface area contributed by atoms with Crippen molar-refractivity contribution in [2.24, 2.45) is 0 Å². The zero-order valence-corrected chi connectivity index (χ0v) is 15.8. The minimum absolute atomic E-state index is 0.0994. The summed E-state index contributed by atoms with van der Waals surface area (Å²) in [7, 11) is 0. The van der Waals surface area contributed by atoms with Gasteiger partial charge in [0.15, 0.2) is 11.5 Å². The van der Waals surface area contributed by atoms with Crippen molar-refractivity contribution < 1.29 is 18.7 Å². The van der Waals surface area contributed by atoms with Crippen LogP contribution in [-0.4, -0.2) is 29.3 Å². The fraction of sp³-hybridized carbons (Fsp3) is 0.286. The molecule has 1 amide bonds. The zero-order valence-electron chi connectivity index (χ0n) is 15.8. The number of nitrogens with zero attached hydrogens (tertiary/aromatic N) is 2. The van der Waals surface area contributed by atoms with E-state index in [1.54, 1.807) is 0 Å². The van der Waals surface area contributed by atoms with E-state index in [-0.39, 0.29) is 18.3 Å². The van der Waals surface area contributed by atoms with E-state index in [0.29, 0.717) is 31.3 Å². The third-order valence-electron chi connectivity index (χ3n) is 4.52. The normalized spacial score (nSPS) is 12.6. The molecule has 0 radical (unpaired) electrons. The molecule has 1 aromatic heterocycles. The van der Waals surface area contributed by atoms with E-state index in [4.69, 9.17) is 13.9 Å². The fourth-order valence-electron chi connectivity index (χ4n) is 3.13. The van der Waals surface area contributed by atoms with Crippen molar-refractivity contribution in [3.63, 3.8) is 0 Å². The van der Waals surface area contributed by atoms with Crippen LogP contribution in [0.15, 0.2) is 40.8 Å². The van der Waals surface area contributed by atoms with Crippen LogP contribution in [0.3, 0.4) is 0 Å². The number of carbonyl (C=O) groups excluding carboxylic acids is 1. The number of rotatable bonds is 5. The molecule has 2 aromatic carbocycles. The van der Waals surface area contributed by atoms with E-state index < -0.39 is 0 Å². The molecular weight excluding hydrogens is 358 g/mol. The molecule has 0 unspecified atom stereocenters. The maximum absolute atomic E-state index is 12.3. The molecule has 0 bridgehead atoms. The van der Waals surface area contributed by atoms with Crippen LogP contribution in [-0.2, 0) is 17.6 Å². The topological polar surface area (TPSA) is 86.5 Å². The number of hydrogen-bond donors (Lipinski definition) is 1. The lowest BCUT2D eigenvalue weighted by atomic mass is 10.0. The molecule has 0 saturated heterocycles. The standard InChI is InChI=1S/C21H21N3O4/c1-13-3-5-16(14(2)9-13)12-19(25)22-21-24-23-20(28-21)11-15-4-6-17-18(10-15)27-8-7-26-17/h3-6,9-10H,7-8,11-12H2,1-2H3,(H,22,24,25). The molecule has 28 heavy (non-hydrogen) atoms. The Morgan fingerprint density at radius 2 is 1.86 bits per heavy atom. The van der Waals surface area contributed by atoms with Gasteiger partial charge in [0.2, 0.25) is 11.8 Å². The molecule has 0 atom stereocenters. The van der Waals surface area contributed by atoms with Crippen molar-refractivity contribution in [3.05, 3.63) is 64.5 Å². The predicted molar refractivity (Wildman–Crippen MR) is 103 cm³/mol. The molecule has 7 nitrogen and oxygen atoms in total. The summed E-state index contributed by atoms with van der Waals surface area (Å²) in [6.07, 6.45) is 0.697. The lowest BCUT2D eigenvalue weighted by molar-refractivity contribution is -0.115. The lowest BCUT2D eigenvalue weighted by Gasteiger charge is -2.18. The van der Waals surface area contributed by atoms with Crippen molar-refractivity contribution in [1.82, 2.24) is 10.2 Å². The molecule has 0 fully saturated rings. The lowest BCUT2D eigenvalue weighted by Crippen LogP contribution is -2.15. The SMILES string of the molecule is Cc1ccc(CC(=O)Nc2nnc(Cc3ccc4c(c3)OCCO4)o2)c(C)c1. The Bertz CT molecular complexity index is 1010. The minimum Gasteiger partial charge on any atom is -0.486 e. The van der Waals surface area contributed by atoms with E-state index in [9.17, 15) is 4.79 Å². The first-order chi connectivity index (χ1) is 13.6. The zero-order chi connectivity index (χ0) is 19.5. The van der Waals surface area contributed by atoms with Crippen molar-refractivity contribution >= 4 is 11.9 Å². The van der Waals surface area contributed by atoms with Gasteiger partial charge in [-0.1, -0.05) is 34.9 Å². The summed E-state index contributed by atoms with van der Waals surface area (Å²) in [5, 5.41) is 10.6. The van der Waals surface area contributed by atoms with Gasteiger partial charge in [0.1, 0.15) is 13.2 Å². The van der Waals surface area contributed by atoms with Gasteiger partial charge < -0.3 is 13.9 Å². The maximum Gasteiger partial charge on any atom is 0.322 e. The monoisotopic (exact) mass is 379 g/mol. The number of anilines is 1. The predicted octanol–water partition coefficient (Wildman–Crippen LogP) is 3.23. The van der Waals surface area contributed by atoms with E-state index in [1.807, 2.05) is 44.2 Å². The molecule has 1 aliphatic heterocycles. The Hall–Kier alpha value is -3.35. The molecule has 4 rings (SSSR count). The van der Waals surface area contributed by atoms with Gasteiger partial charge in [-0.2, -0.15) is 0 Å². The Balaban J connectivity index is 1.38. The second kappa shape index (κ2) is 7.72. The Morgan fingerprint density at radius 1 is 1.04 bits per heavy atom. The largest absolute Gasteiger partial charge is 0.486 e. The van der Waals surface area contributed by atoms with Gasteiger partial charge >= 0.3 is 6.01 Å². The third kappa shape index (κ3) is 4.14. The number of carbonyl (C=O) groups is 1. The van der Waals surface area contributed by atoms with Crippen LogP contribution >= 0.6 is 0 Å². The van der Waals surface area contributed by atoms with Crippen molar-refractivity contribution in [2.75, 3.05) is 18.5 Å². The maximum atomic E-state index is 12.3. The van der Waals surface area contributed by atoms with Crippen LogP contribution < -0.4 is 14.8 Å². The molecule has 1 N–H and O–H groups in total. The van der Waals surface area contributed by atoms with E-state index in [1.165, 1.54) is 5.56 Å². The molecule has 1 aliphatic rings. The highest BCUT2D eigenvalue weighted by atomic mass is 16.6. The summed E-state index contributed by atoms with van der Waals surface area (Å²) < 4.78 is 16.7. The summed E-state index contributed by atoms with van der Waals surface area (Å²) in [5.41, 5.74) is 4.18. The Morgan fingerprint density at radius 3 is 2.68 bits per heavy atom. The van der Waals surface area contributed by atoms with Gasteiger partial charge in [0.05, 0.1) is 12.8 Å². The molecule has 0 aliphatic carbocycles. The number of aryl methyl sites for hydroxylation is 2. The summed E-state index contributed by atoms with van der Waals surface area (Å²) in [6.45, 7) is 5.11. The molecule has 2 heterocycles. The van der Waals surface area contributed by atoms with Crippen LogP contribution in [0.4, 0.5) is 6.01 Å². The number of amides is 1. The minimum atomic E-state index is -0.193. The van der Waals surface area contributed by atoms with Gasteiger partial charge in [-0.15, -0.1) is 5.10 Å². The van der Waals surface area contributed by atoms with Crippen LogP contribution in [0.1, 0.15) is 28.1 Å². The number of benzene rings is 2. The summed E-state index contributed by atoms with van der Waals surface area (Å²) in [6, 6.07) is 11.8. The second-order valence-electron chi connectivity index (χ2n) is 6.81. The summed E-state index contributed by atoms with van der Waals surface area (Å²) >= 11 is 0. The van der Waals surface area contributed by atoms with Crippen molar-refractivity contribution in [1.29, 1.82) is 0 Å². The van der Waals surface area contributed by atoms with Gasteiger partial charge in [-0.05, 0) is 42.7 Å². The molecule has 3 aromatic rings. The quantitative estimate of drug-likeness (QED) is 0.732. The van der Waals surface area contributed by atoms with Crippen molar-refractivity contribution in [3.8, 4) is 11.5 Å². The molecular formula is C21H21N3O4. The number of fused-ring (bicyclic) bond motifs is 1. The van der Waals surface area contributed by atoms with Gasteiger partial charge in [0, 0.05) is 0 Å². The first-order valence-corrected chi connectivity index (χ1v) is 9.14. The summed E-state index contributed by atoms with van der Waals surface area (Å²) in [4.78, 5) is 12.3. The summed E-state index contributed by atoms with van der Waals surface area (Å²) in [5.74, 6) is 1.67. The Labute approximate surface area is 162 Å². The number of nitrogens with one attached hydrogen (secondary N) is 1. The second-order valence-corrected chi connectivity index (χ2v) is 6.81. The van der Waals surface area contributed by atoms with E-state index in [2.05, 4.69) is 21.6 Å². The van der Waals surface area contributed by atoms with Gasteiger partial charge in [-0.25, -0.2) is 0 Å². The van der Waals surface area contributed by atoms with Crippen LogP contribution in [0.25, 0.3) is 0 Å². The molecule has 7 heteroatoms. The van der Waals surface area contributed by atoms with E-state index >= 15 is 0 Å². The first-order valence-electron chi connectivity index (χ1n) is 9.14. The molecule has 0 saturated carbocycles. The average Bonchev–Trinajstić information content (AvgIpc) is 3.10. The fourth-order valence-corrected chi connectivity index (χ4v) is 3.13. The van der Waals surface area contributed by atoms with E-state index in [0.717, 1.165) is 22.4 Å². The van der Waals surface area contributed by atoms with Crippen molar-refractivity contribution in [2.45, 2.75) is 26.7 Å². The van der Waals surface area contributed by atoms with Gasteiger partial charge in [-0.3, -0.25) is 10.1 Å². The highest BCUT2D eigenvalue weighted by Gasteiger charge is 2.15. The molecule has 0 spiro atoms.